The normalized spacial score (nSPS) is 15.5. The van der Waals surface area contributed by atoms with Crippen LogP contribution in [0.3, 0.4) is 0 Å². The maximum Gasteiger partial charge on any atom is 0.328 e. The average molecular weight is 341 g/mol. The molecule has 5 nitrogen and oxygen atoms in total. The highest BCUT2D eigenvalue weighted by molar-refractivity contribution is 5.85. The highest BCUT2D eigenvalue weighted by Crippen LogP contribution is 2.46. The van der Waals surface area contributed by atoms with Gasteiger partial charge in [0.15, 0.2) is 5.82 Å². The number of imidazole rings is 1. The molecule has 1 fully saturated rings. The number of rotatable bonds is 4. The molecule has 0 aliphatic heterocycles. The predicted molar refractivity (Wildman–Crippen MR) is 94.3 cm³/mol. The SMILES string of the molecule is COc1ncccc1-c1ccc2c(c1F)n(C)c(=O)n2CC1(C)CC1. The summed E-state index contributed by atoms with van der Waals surface area (Å²) in [6.45, 7) is 2.78. The van der Waals surface area contributed by atoms with Crippen LogP contribution in [0, 0.1) is 11.2 Å². The number of nitrogens with zero attached hydrogens (tertiary/aromatic N) is 3. The number of hydrogen-bond donors (Lipinski definition) is 0. The van der Waals surface area contributed by atoms with Gasteiger partial charge in [-0.25, -0.2) is 14.2 Å². The summed E-state index contributed by atoms with van der Waals surface area (Å²) in [5.74, 6) is -0.0706. The Bertz CT molecular complexity index is 1030. The fourth-order valence-corrected chi connectivity index (χ4v) is 3.34. The predicted octanol–water partition coefficient (Wildman–Crippen LogP) is 3.35. The lowest BCUT2D eigenvalue weighted by Crippen LogP contribution is -2.25. The van der Waals surface area contributed by atoms with Crippen LogP contribution < -0.4 is 10.4 Å². The van der Waals surface area contributed by atoms with E-state index in [2.05, 4.69) is 11.9 Å². The Kier molecular flexibility index (Phi) is 3.45. The largest absolute Gasteiger partial charge is 0.481 e. The van der Waals surface area contributed by atoms with Crippen molar-refractivity contribution in [2.45, 2.75) is 26.3 Å². The minimum absolute atomic E-state index is 0.153. The number of benzene rings is 1. The Morgan fingerprint density at radius 1 is 1.28 bits per heavy atom. The summed E-state index contributed by atoms with van der Waals surface area (Å²) >= 11 is 0. The third kappa shape index (κ3) is 2.44. The molecule has 2 aromatic heterocycles. The topological polar surface area (TPSA) is 49.1 Å². The first kappa shape index (κ1) is 15.9. The summed E-state index contributed by atoms with van der Waals surface area (Å²) in [5.41, 5.74) is 1.86. The van der Waals surface area contributed by atoms with Gasteiger partial charge in [0.25, 0.3) is 0 Å². The van der Waals surface area contributed by atoms with E-state index in [1.54, 1.807) is 36.0 Å². The molecule has 0 unspecified atom stereocenters. The van der Waals surface area contributed by atoms with E-state index in [1.165, 1.54) is 11.7 Å². The highest BCUT2D eigenvalue weighted by Gasteiger charge is 2.38. The molecular formula is C19H20FN3O2. The molecule has 3 aromatic rings. The molecule has 0 radical (unpaired) electrons. The monoisotopic (exact) mass is 341 g/mol. The second-order valence-corrected chi connectivity index (χ2v) is 7.09. The molecule has 130 valence electrons. The van der Waals surface area contributed by atoms with Crippen molar-refractivity contribution in [2.75, 3.05) is 7.11 Å². The lowest BCUT2D eigenvalue weighted by atomic mass is 10.1. The van der Waals surface area contributed by atoms with Crippen molar-refractivity contribution < 1.29 is 9.13 Å². The van der Waals surface area contributed by atoms with Crippen LogP contribution in [0.25, 0.3) is 22.2 Å². The molecule has 1 aliphatic rings. The second kappa shape index (κ2) is 5.44. The Morgan fingerprint density at radius 2 is 2.04 bits per heavy atom. The lowest BCUT2D eigenvalue weighted by Gasteiger charge is -2.11. The molecule has 0 bridgehead atoms. The van der Waals surface area contributed by atoms with Gasteiger partial charge in [0, 0.05) is 30.9 Å². The van der Waals surface area contributed by atoms with Crippen molar-refractivity contribution in [2.24, 2.45) is 12.5 Å². The van der Waals surface area contributed by atoms with Crippen molar-refractivity contribution >= 4 is 11.0 Å². The van der Waals surface area contributed by atoms with Crippen molar-refractivity contribution in [3.8, 4) is 17.0 Å². The maximum absolute atomic E-state index is 15.3. The zero-order valence-corrected chi connectivity index (χ0v) is 14.5. The summed E-state index contributed by atoms with van der Waals surface area (Å²) < 4.78 is 23.6. The summed E-state index contributed by atoms with van der Waals surface area (Å²) in [6, 6.07) is 7.01. The fourth-order valence-electron chi connectivity index (χ4n) is 3.34. The van der Waals surface area contributed by atoms with E-state index in [9.17, 15) is 4.79 Å². The van der Waals surface area contributed by atoms with Crippen LogP contribution in [0.15, 0.2) is 35.3 Å². The van der Waals surface area contributed by atoms with Crippen LogP contribution in [0.2, 0.25) is 0 Å². The van der Waals surface area contributed by atoms with Gasteiger partial charge in [-0.2, -0.15) is 0 Å². The van der Waals surface area contributed by atoms with E-state index >= 15 is 4.39 Å². The van der Waals surface area contributed by atoms with E-state index in [0.717, 1.165) is 12.8 Å². The van der Waals surface area contributed by atoms with Crippen LogP contribution in [0.4, 0.5) is 4.39 Å². The Hall–Kier alpha value is -2.63. The smallest absolute Gasteiger partial charge is 0.328 e. The zero-order chi connectivity index (χ0) is 17.8. The number of aryl methyl sites for hydroxylation is 1. The summed E-state index contributed by atoms with van der Waals surface area (Å²) in [5, 5.41) is 0. The van der Waals surface area contributed by atoms with Crippen LogP contribution in [0.1, 0.15) is 19.8 Å². The first-order chi connectivity index (χ1) is 11.9. The molecule has 1 saturated carbocycles. The van der Waals surface area contributed by atoms with Gasteiger partial charge in [-0.05, 0) is 42.5 Å². The van der Waals surface area contributed by atoms with Crippen LogP contribution in [-0.4, -0.2) is 21.2 Å². The molecular weight excluding hydrogens is 321 g/mol. The zero-order valence-electron chi connectivity index (χ0n) is 14.5. The number of fused-ring (bicyclic) bond motifs is 1. The Morgan fingerprint density at radius 3 is 2.72 bits per heavy atom. The van der Waals surface area contributed by atoms with E-state index in [-0.39, 0.29) is 11.1 Å². The van der Waals surface area contributed by atoms with Gasteiger partial charge in [-0.1, -0.05) is 6.92 Å². The number of aromatic nitrogens is 3. The molecule has 0 amide bonds. The molecule has 1 aliphatic carbocycles. The Balaban J connectivity index is 1.95. The molecule has 0 saturated heterocycles. The summed E-state index contributed by atoms with van der Waals surface area (Å²) in [7, 11) is 3.12. The van der Waals surface area contributed by atoms with Gasteiger partial charge in [0.1, 0.15) is 5.52 Å². The fraction of sp³-hybridized carbons (Fsp3) is 0.368. The van der Waals surface area contributed by atoms with Gasteiger partial charge in [0.05, 0.1) is 12.6 Å². The van der Waals surface area contributed by atoms with Gasteiger partial charge in [-0.3, -0.25) is 9.13 Å². The molecule has 25 heavy (non-hydrogen) atoms. The van der Waals surface area contributed by atoms with E-state index < -0.39 is 5.82 Å². The Labute approximate surface area is 144 Å². The first-order valence-corrected chi connectivity index (χ1v) is 8.32. The second-order valence-electron chi connectivity index (χ2n) is 7.09. The van der Waals surface area contributed by atoms with E-state index in [0.29, 0.717) is 34.6 Å². The maximum atomic E-state index is 15.3. The minimum atomic E-state index is -0.428. The highest BCUT2D eigenvalue weighted by atomic mass is 19.1. The van der Waals surface area contributed by atoms with Gasteiger partial charge in [0.2, 0.25) is 5.88 Å². The van der Waals surface area contributed by atoms with Crippen molar-refractivity contribution in [1.29, 1.82) is 0 Å². The number of halogens is 1. The number of hydrogen-bond acceptors (Lipinski definition) is 3. The average Bonchev–Trinajstić information content (AvgIpc) is 3.30. The third-order valence-corrected chi connectivity index (χ3v) is 5.14. The standard InChI is InChI=1S/C19H20FN3O2/c1-19(8-9-19)11-23-14-7-6-12(13-5-4-10-21-17(13)25-3)15(20)16(14)22(2)18(23)24/h4-7,10H,8-9,11H2,1-3H3. The number of methoxy groups -OCH3 is 1. The minimum Gasteiger partial charge on any atom is -0.481 e. The van der Waals surface area contributed by atoms with E-state index in [1.807, 2.05) is 6.07 Å². The molecule has 4 rings (SSSR count). The molecule has 1 aromatic carbocycles. The molecule has 0 spiro atoms. The van der Waals surface area contributed by atoms with E-state index in [4.69, 9.17) is 4.74 Å². The van der Waals surface area contributed by atoms with Gasteiger partial charge in [-0.15, -0.1) is 0 Å². The molecule has 0 N–H and O–H groups in total. The summed E-state index contributed by atoms with van der Waals surface area (Å²) in [4.78, 5) is 16.8. The van der Waals surface area contributed by atoms with Crippen molar-refractivity contribution in [3.63, 3.8) is 0 Å². The van der Waals surface area contributed by atoms with Crippen LogP contribution in [-0.2, 0) is 13.6 Å². The first-order valence-electron chi connectivity index (χ1n) is 8.32. The van der Waals surface area contributed by atoms with Crippen LogP contribution in [0.5, 0.6) is 5.88 Å². The number of pyridine rings is 1. The van der Waals surface area contributed by atoms with Gasteiger partial charge >= 0.3 is 5.69 Å². The quantitative estimate of drug-likeness (QED) is 0.731. The van der Waals surface area contributed by atoms with Crippen molar-refractivity contribution in [1.82, 2.24) is 14.1 Å². The molecule has 2 heterocycles. The number of ether oxygens (including phenoxy) is 1. The van der Waals surface area contributed by atoms with Crippen LogP contribution >= 0.6 is 0 Å². The third-order valence-electron chi connectivity index (χ3n) is 5.14. The molecule has 6 heteroatoms. The van der Waals surface area contributed by atoms with Crippen molar-refractivity contribution in [3.05, 3.63) is 46.8 Å². The lowest BCUT2D eigenvalue weighted by molar-refractivity contribution is 0.399. The summed E-state index contributed by atoms with van der Waals surface area (Å²) in [6.07, 6.45) is 3.80. The molecule has 0 atom stereocenters. The van der Waals surface area contributed by atoms with Gasteiger partial charge < -0.3 is 4.74 Å².